The summed E-state index contributed by atoms with van der Waals surface area (Å²) in [4.78, 5) is 26.8. The monoisotopic (exact) mass is 319 g/mol. The molecule has 118 valence electrons. The van der Waals surface area contributed by atoms with Crippen molar-refractivity contribution in [3.8, 4) is 11.1 Å². The van der Waals surface area contributed by atoms with Crippen LogP contribution in [0.4, 0.5) is 11.4 Å². The largest absolute Gasteiger partial charge is 0.320 e. The van der Waals surface area contributed by atoms with Crippen molar-refractivity contribution in [3.63, 3.8) is 0 Å². The standard InChI is InChI=1S/C18H13N3O3/c22-17-6-5-11-7-13(8-16(21(23)24)18(11)20-17)15-10-19-9-12-3-1-2-4-14(12)15/h1-4,7-10H,5-6H2,(H,20,22). The van der Waals surface area contributed by atoms with E-state index in [1.54, 1.807) is 12.4 Å². The van der Waals surface area contributed by atoms with Gasteiger partial charge in [-0.15, -0.1) is 0 Å². The molecule has 2 aromatic carbocycles. The number of carbonyl (C=O) groups excluding carboxylic acids is 1. The lowest BCUT2D eigenvalue weighted by Crippen LogP contribution is -2.20. The van der Waals surface area contributed by atoms with Gasteiger partial charge in [-0.05, 0) is 29.0 Å². The Morgan fingerprint density at radius 2 is 1.96 bits per heavy atom. The van der Waals surface area contributed by atoms with Gasteiger partial charge in [-0.1, -0.05) is 24.3 Å². The average Bonchev–Trinajstić information content (AvgIpc) is 2.60. The average molecular weight is 319 g/mol. The van der Waals surface area contributed by atoms with Crippen molar-refractivity contribution in [1.82, 2.24) is 4.98 Å². The number of rotatable bonds is 2. The maximum Gasteiger partial charge on any atom is 0.293 e. The highest BCUT2D eigenvalue weighted by molar-refractivity contribution is 6.00. The van der Waals surface area contributed by atoms with Crippen LogP contribution in [0.15, 0.2) is 48.8 Å². The Balaban J connectivity index is 1.97. The van der Waals surface area contributed by atoms with Gasteiger partial charge in [-0.25, -0.2) is 0 Å². The molecular formula is C18H13N3O3. The third-order valence-corrected chi connectivity index (χ3v) is 4.26. The summed E-state index contributed by atoms with van der Waals surface area (Å²) in [5.41, 5.74) is 2.60. The number of nitro groups is 1. The van der Waals surface area contributed by atoms with Crippen LogP contribution in [0, 0.1) is 10.1 Å². The van der Waals surface area contributed by atoms with E-state index in [2.05, 4.69) is 10.3 Å². The minimum absolute atomic E-state index is 0.0801. The highest BCUT2D eigenvalue weighted by Gasteiger charge is 2.25. The number of aryl methyl sites for hydroxylation is 1. The third-order valence-electron chi connectivity index (χ3n) is 4.26. The third kappa shape index (κ3) is 2.28. The van der Waals surface area contributed by atoms with Gasteiger partial charge in [0.1, 0.15) is 5.69 Å². The first-order valence-electron chi connectivity index (χ1n) is 7.58. The van der Waals surface area contributed by atoms with Gasteiger partial charge in [-0.3, -0.25) is 19.9 Å². The van der Waals surface area contributed by atoms with Gasteiger partial charge in [0.15, 0.2) is 0 Å². The first-order chi connectivity index (χ1) is 11.6. The molecule has 0 radical (unpaired) electrons. The first-order valence-corrected chi connectivity index (χ1v) is 7.58. The maximum atomic E-state index is 11.6. The molecule has 3 aromatic rings. The van der Waals surface area contributed by atoms with Crippen LogP contribution >= 0.6 is 0 Å². The van der Waals surface area contributed by atoms with E-state index in [1.165, 1.54) is 6.07 Å². The molecule has 1 aliphatic rings. The fourth-order valence-electron chi connectivity index (χ4n) is 3.12. The van der Waals surface area contributed by atoms with Gasteiger partial charge in [0.2, 0.25) is 5.91 Å². The molecule has 24 heavy (non-hydrogen) atoms. The molecule has 6 heteroatoms. The Hall–Kier alpha value is -3.28. The Labute approximate surface area is 137 Å². The van der Waals surface area contributed by atoms with Crippen LogP contribution in [0.2, 0.25) is 0 Å². The number of aromatic nitrogens is 1. The van der Waals surface area contributed by atoms with Crippen LogP contribution in [0.1, 0.15) is 12.0 Å². The van der Waals surface area contributed by atoms with E-state index in [4.69, 9.17) is 0 Å². The summed E-state index contributed by atoms with van der Waals surface area (Å²) in [5.74, 6) is -0.190. The summed E-state index contributed by atoms with van der Waals surface area (Å²) in [5, 5.41) is 16.1. The number of fused-ring (bicyclic) bond motifs is 2. The quantitative estimate of drug-likeness (QED) is 0.576. The molecule has 0 saturated heterocycles. The number of nitrogens with zero attached hydrogens (tertiary/aromatic N) is 2. The topological polar surface area (TPSA) is 85.1 Å². The van der Waals surface area contributed by atoms with Crippen LogP contribution in [-0.2, 0) is 11.2 Å². The number of pyridine rings is 1. The fourth-order valence-corrected chi connectivity index (χ4v) is 3.12. The highest BCUT2D eigenvalue weighted by atomic mass is 16.6. The van der Waals surface area contributed by atoms with Crippen molar-refractivity contribution in [2.75, 3.05) is 5.32 Å². The molecular weight excluding hydrogens is 306 g/mol. The molecule has 0 atom stereocenters. The summed E-state index contributed by atoms with van der Waals surface area (Å²) in [6, 6.07) is 11.2. The van der Waals surface area contributed by atoms with Crippen molar-refractivity contribution in [2.24, 2.45) is 0 Å². The van der Waals surface area contributed by atoms with Crippen molar-refractivity contribution in [2.45, 2.75) is 12.8 Å². The van der Waals surface area contributed by atoms with Crippen LogP contribution in [0.3, 0.4) is 0 Å². The molecule has 0 aliphatic carbocycles. The molecule has 1 N–H and O–H groups in total. The number of nitrogens with one attached hydrogen (secondary N) is 1. The van der Waals surface area contributed by atoms with E-state index < -0.39 is 4.92 Å². The number of anilines is 1. The highest BCUT2D eigenvalue weighted by Crippen LogP contribution is 2.38. The molecule has 0 unspecified atom stereocenters. The van der Waals surface area contributed by atoms with Gasteiger partial charge >= 0.3 is 0 Å². The van der Waals surface area contributed by atoms with E-state index >= 15 is 0 Å². The SMILES string of the molecule is O=C1CCc2cc(-c3cncc4ccccc34)cc([N+](=O)[O-])c2N1. The van der Waals surface area contributed by atoms with Crippen molar-refractivity contribution < 1.29 is 9.72 Å². The lowest BCUT2D eigenvalue weighted by atomic mass is 9.94. The molecule has 1 aromatic heterocycles. The van der Waals surface area contributed by atoms with Crippen LogP contribution in [0.5, 0.6) is 0 Å². The van der Waals surface area contributed by atoms with Gasteiger partial charge < -0.3 is 5.32 Å². The zero-order valence-corrected chi connectivity index (χ0v) is 12.7. The minimum Gasteiger partial charge on any atom is -0.320 e. The zero-order valence-electron chi connectivity index (χ0n) is 12.7. The number of hydrogen-bond acceptors (Lipinski definition) is 4. The second kappa shape index (κ2) is 5.42. The number of amides is 1. The molecule has 0 bridgehead atoms. The fraction of sp³-hybridized carbons (Fsp3) is 0.111. The Morgan fingerprint density at radius 3 is 2.79 bits per heavy atom. The predicted octanol–water partition coefficient (Wildman–Crippen LogP) is 3.69. The molecule has 0 saturated carbocycles. The van der Waals surface area contributed by atoms with E-state index in [0.29, 0.717) is 18.5 Å². The van der Waals surface area contributed by atoms with E-state index in [-0.39, 0.29) is 11.6 Å². The molecule has 1 amide bonds. The van der Waals surface area contributed by atoms with E-state index in [0.717, 1.165) is 27.5 Å². The Kier molecular flexibility index (Phi) is 3.23. The molecule has 4 rings (SSSR count). The summed E-state index contributed by atoms with van der Waals surface area (Å²) in [6.07, 6.45) is 4.32. The smallest absolute Gasteiger partial charge is 0.293 e. The lowest BCUT2D eigenvalue weighted by molar-refractivity contribution is -0.383. The van der Waals surface area contributed by atoms with Gasteiger partial charge in [-0.2, -0.15) is 0 Å². The Morgan fingerprint density at radius 1 is 1.12 bits per heavy atom. The Bertz CT molecular complexity index is 993. The lowest BCUT2D eigenvalue weighted by Gasteiger charge is -2.18. The van der Waals surface area contributed by atoms with E-state index in [1.807, 2.05) is 30.3 Å². The molecule has 1 aliphatic heterocycles. The second-order valence-corrected chi connectivity index (χ2v) is 5.74. The summed E-state index contributed by atoms with van der Waals surface area (Å²) in [6.45, 7) is 0. The second-order valence-electron chi connectivity index (χ2n) is 5.74. The minimum atomic E-state index is -0.452. The number of nitro benzene ring substituents is 1. The van der Waals surface area contributed by atoms with Crippen LogP contribution in [0.25, 0.3) is 21.9 Å². The van der Waals surface area contributed by atoms with Crippen molar-refractivity contribution >= 4 is 28.1 Å². The van der Waals surface area contributed by atoms with Crippen molar-refractivity contribution in [1.29, 1.82) is 0 Å². The number of benzene rings is 2. The number of hydrogen-bond donors (Lipinski definition) is 1. The molecule has 6 nitrogen and oxygen atoms in total. The molecule has 0 fully saturated rings. The zero-order chi connectivity index (χ0) is 16.7. The summed E-state index contributed by atoms with van der Waals surface area (Å²) < 4.78 is 0. The normalized spacial score (nSPS) is 13.4. The van der Waals surface area contributed by atoms with Gasteiger partial charge in [0.05, 0.1) is 4.92 Å². The van der Waals surface area contributed by atoms with Crippen molar-refractivity contribution in [3.05, 3.63) is 64.5 Å². The summed E-state index contributed by atoms with van der Waals surface area (Å²) >= 11 is 0. The van der Waals surface area contributed by atoms with E-state index in [9.17, 15) is 14.9 Å². The van der Waals surface area contributed by atoms with Crippen LogP contribution < -0.4 is 5.32 Å². The predicted molar refractivity (Wildman–Crippen MR) is 90.8 cm³/mol. The first kappa shape index (κ1) is 14.3. The number of carbonyl (C=O) groups is 1. The van der Waals surface area contributed by atoms with Crippen LogP contribution in [-0.4, -0.2) is 15.8 Å². The summed E-state index contributed by atoms with van der Waals surface area (Å²) in [7, 11) is 0. The van der Waals surface area contributed by atoms with Gasteiger partial charge in [0.25, 0.3) is 5.69 Å². The maximum absolute atomic E-state index is 11.6. The molecule has 2 heterocycles. The molecule has 0 spiro atoms. The van der Waals surface area contributed by atoms with Gasteiger partial charge in [0, 0.05) is 35.8 Å².